The van der Waals surface area contributed by atoms with Gasteiger partial charge in [-0.1, -0.05) is 41.9 Å². The summed E-state index contributed by atoms with van der Waals surface area (Å²) in [5.41, 5.74) is 4.99. The molecule has 0 spiro atoms. The molecule has 1 heterocycles. The third kappa shape index (κ3) is 5.58. The monoisotopic (exact) mass is 526 g/mol. The van der Waals surface area contributed by atoms with E-state index in [1.54, 1.807) is 60.7 Å². The largest absolute Gasteiger partial charge is 0.352 e. The molecule has 4 aromatic carbocycles. The molecule has 5 aromatic rings. The number of aryl methyl sites for hydroxylation is 1. The molecule has 2 amide bonds. The minimum Gasteiger partial charge on any atom is -0.352 e. The van der Waals surface area contributed by atoms with Crippen molar-refractivity contribution < 1.29 is 14.0 Å². The van der Waals surface area contributed by atoms with Crippen LogP contribution in [-0.4, -0.2) is 21.4 Å². The Morgan fingerprint density at radius 2 is 1.68 bits per heavy atom. The Balaban J connectivity index is 1.25. The molecule has 8 heteroatoms. The van der Waals surface area contributed by atoms with E-state index in [2.05, 4.69) is 15.6 Å². The number of aromatic nitrogens is 2. The summed E-state index contributed by atoms with van der Waals surface area (Å²) in [6.45, 7) is 2.22. The summed E-state index contributed by atoms with van der Waals surface area (Å²) in [6, 6.07) is 25.9. The highest BCUT2D eigenvalue weighted by molar-refractivity contribution is 6.31. The quantitative estimate of drug-likeness (QED) is 0.264. The van der Waals surface area contributed by atoms with E-state index in [0.717, 1.165) is 33.7 Å². The maximum Gasteiger partial charge on any atom is 0.255 e. The van der Waals surface area contributed by atoms with E-state index in [9.17, 15) is 14.0 Å². The van der Waals surface area contributed by atoms with Gasteiger partial charge in [0.25, 0.3) is 5.91 Å². The average molecular weight is 527 g/mol. The van der Waals surface area contributed by atoms with Crippen LogP contribution in [0.2, 0.25) is 5.02 Å². The zero-order chi connectivity index (χ0) is 26.6. The van der Waals surface area contributed by atoms with Crippen molar-refractivity contribution in [1.82, 2.24) is 14.9 Å². The van der Waals surface area contributed by atoms with Crippen molar-refractivity contribution in [1.29, 1.82) is 0 Å². The summed E-state index contributed by atoms with van der Waals surface area (Å²) in [7, 11) is 0. The Bertz CT molecular complexity index is 1630. The van der Waals surface area contributed by atoms with Crippen molar-refractivity contribution in [3.8, 4) is 5.69 Å². The van der Waals surface area contributed by atoms with Gasteiger partial charge >= 0.3 is 0 Å². The van der Waals surface area contributed by atoms with Crippen molar-refractivity contribution >= 4 is 40.1 Å². The molecule has 0 unspecified atom stereocenters. The van der Waals surface area contributed by atoms with Crippen molar-refractivity contribution in [2.45, 2.75) is 19.9 Å². The van der Waals surface area contributed by atoms with E-state index in [-0.39, 0.29) is 24.1 Å². The maximum absolute atomic E-state index is 13.4. The lowest BCUT2D eigenvalue weighted by Gasteiger charge is -2.10. The smallest absolute Gasteiger partial charge is 0.255 e. The lowest BCUT2D eigenvalue weighted by Crippen LogP contribution is -2.24. The molecule has 0 radical (unpaired) electrons. The van der Waals surface area contributed by atoms with Gasteiger partial charge in [-0.05, 0) is 78.7 Å². The summed E-state index contributed by atoms with van der Waals surface area (Å²) in [5.74, 6) is 0.0139. The van der Waals surface area contributed by atoms with Crippen molar-refractivity contribution in [2.24, 2.45) is 0 Å². The first-order chi connectivity index (χ1) is 18.4. The number of hydrogen-bond donors (Lipinski definition) is 2. The zero-order valence-corrected chi connectivity index (χ0v) is 21.3. The minimum atomic E-state index is -0.320. The van der Waals surface area contributed by atoms with Crippen LogP contribution in [0.1, 0.15) is 27.3 Å². The van der Waals surface area contributed by atoms with E-state index in [4.69, 9.17) is 11.6 Å². The predicted octanol–water partition coefficient (Wildman–Crippen LogP) is 6.24. The standard InChI is InChI=1S/C30H24ClFN4O2/c1-19-34-27-15-8-21(17-28(27)36(19)25-13-9-23(32)10-14-25)30(38)35-24-11-6-20(7-12-24)16-29(37)33-18-22-4-2-3-5-26(22)31/h2-15,17H,16,18H2,1H3,(H,33,37)(H,35,38). The van der Waals surface area contributed by atoms with Gasteiger partial charge in [0.1, 0.15) is 11.6 Å². The van der Waals surface area contributed by atoms with E-state index >= 15 is 0 Å². The highest BCUT2D eigenvalue weighted by Crippen LogP contribution is 2.23. The molecule has 0 aliphatic heterocycles. The number of rotatable bonds is 7. The van der Waals surface area contributed by atoms with Gasteiger partial charge in [-0.15, -0.1) is 0 Å². The van der Waals surface area contributed by atoms with Crippen molar-refractivity contribution in [2.75, 3.05) is 5.32 Å². The first kappa shape index (κ1) is 25.2. The molecule has 190 valence electrons. The predicted molar refractivity (Wildman–Crippen MR) is 147 cm³/mol. The van der Waals surface area contributed by atoms with Crippen LogP contribution in [0.5, 0.6) is 0 Å². The second kappa shape index (κ2) is 10.9. The number of nitrogens with zero attached hydrogens (tertiary/aromatic N) is 2. The number of anilines is 1. The number of carbonyl (C=O) groups excluding carboxylic acids is 2. The first-order valence-corrected chi connectivity index (χ1v) is 12.4. The topological polar surface area (TPSA) is 76.0 Å². The number of nitrogens with one attached hydrogen (secondary N) is 2. The summed E-state index contributed by atoms with van der Waals surface area (Å²) < 4.78 is 15.3. The fourth-order valence-corrected chi connectivity index (χ4v) is 4.45. The van der Waals surface area contributed by atoms with Gasteiger partial charge in [0, 0.05) is 28.5 Å². The number of amides is 2. The van der Waals surface area contributed by atoms with E-state index < -0.39 is 0 Å². The maximum atomic E-state index is 13.4. The lowest BCUT2D eigenvalue weighted by molar-refractivity contribution is -0.120. The summed E-state index contributed by atoms with van der Waals surface area (Å²) >= 11 is 6.14. The molecule has 5 rings (SSSR count). The highest BCUT2D eigenvalue weighted by Gasteiger charge is 2.14. The molecule has 1 aromatic heterocycles. The summed E-state index contributed by atoms with van der Waals surface area (Å²) in [6.07, 6.45) is 0.210. The second-order valence-electron chi connectivity index (χ2n) is 8.87. The number of benzene rings is 4. The molecule has 0 atom stereocenters. The van der Waals surface area contributed by atoms with Crippen LogP contribution in [0.3, 0.4) is 0 Å². The third-order valence-corrected chi connectivity index (χ3v) is 6.55. The van der Waals surface area contributed by atoms with Gasteiger partial charge in [0.15, 0.2) is 0 Å². The van der Waals surface area contributed by atoms with Crippen LogP contribution >= 0.6 is 11.6 Å². The number of halogens is 2. The number of hydrogen-bond acceptors (Lipinski definition) is 3. The van der Waals surface area contributed by atoms with Gasteiger partial charge in [0.2, 0.25) is 5.91 Å². The van der Waals surface area contributed by atoms with Gasteiger partial charge in [-0.3, -0.25) is 14.2 Å². The molecule has 2 N–H and O–H groups in total. The Kier molecular flexibility index (Phi) is 7.20. The Morgan fingerprint density at radius 3 is 2.42 bits per heavy atom. The number of fused-ring (bicyclic) bond motifs is 1. The molecule has 0 saturated carbocycles. The molecule has 0 fully saturated rings. The van der Waals surface area contributed by atoms with Crippen LogP contribution in [0.15, 0.2) is 91.0 Å². The molecule has 6 nitrogen and oxygen atoms in total. The summed E-state index contributed by atoms with van der Waals surface area (Å²) in [5, 5.41) is 6.38. The Labute approximate surface area is 224 Å². The van der Waals surface area contributed by atoms with Gasteiger partial charge in [-0.25, -0.2) is 9.37 Å². The van der Waals surface area contributed by atoms with Crippen LogP contribution in [0, 0.1) is 12.7 Å². The van der Waals surface area contributed by atoms with E-state index in [0.29, 0.717) is 22.8 Å². The molecular weight excluding hydrogens is 503 g/mol. The molecule has 0 aliphatic carbocycles. The molecule has 0 bridgehead atoms. The Hall–Kier alpha value is -4.49. The van der Waals surface area contributed by atoms with Crippen molar-refractivity contribution in [3.05, 3.63) is 124 Å². The van der Waals surface area contributed by atoms with Crippen LogP contribution in [0.4, 0.5) is 10.1 Å². The second-order valence-corrected chi connectivity index (χ2v) is 9.28. The third-order valence-electron chi connectivity index (χ3n) is 6.18. The van der Waals surface area contributed by atoms with Gasteiger partial charge < -0.3 is 10.6 Å². The van der Waals surface area contributed by atoms with Crippen LogP contribution in [-0.2, 0) is 17.8 Å². The zero-order valence-electron chi connectivity index (χ0n) is 20.5. The molecule has 0 aliphatic rings. The van der Waals surface area contributed by atoms with Crippen molar-refractivity contribution in [3.63, 3.8) is 0 Å². The van der Waals surface area contributed by atoms with Crippen LogP contribution < -0.4 is 10.6 Å². The average Bonchev–Trinajstić information content (AvgIpc) is 3.24. The fraction of sp³-hybridized carbons (Fsp3) is 0.100. The van der Waals surface area contributed by atoms with Gasteiger partial charge in [0.05, 0.1) is 17.5 Å². The number of imidazole rings is 1. The number of carbonyl (C=O) groups is 2. The van der Waals surface area contributed by atoms with E-state index in [1.807, 2.05) is 29.7 Å². The molecular formula is C30H24ClFN4O2. The van der Waals surface area contributed by atoms with E-state index in [1.165, 1.54) is 12.1 Å². The molecule has 0 saturated heterocycles. The minimum absolute atomic E-state index is 0.122. The fourth-order valence-electron chi connectivity index (χ4n) is 4.25. The SMILES string of the molecule is Cc1nc2ccc(C(=O)Nc3ccc(CC(=O)NCc4ccccc4Cl)cc3)cc2n1-c1ccc(F)cc1. The van der Waals surface area contributed by atoms with Gasteiger partial charge in [-0.2, -0.15) is 0 Å². The summed E-state index contributed by atoms with van der Waals surface area (Å²) in [4.78, 5) is 29.9. The Morgan fingerprint density at radius 1 is 0.947 bits per heavy atom. The lowest BCUT2D eigenvalue weighted by atomic mass is 10.1. The van der Waals surface area contributed by atoms with Crippen LogP contribution in [0.25, 0.3) is 16.7 Å². The molecule has 38 heavy (non-hydrogen) atoms. The normalized spacial score (nSPS) is 10.9. The first-order valence-electron chi connectivity index (χ1n) is 12.0. The highest BCUT2D eigenvalue weighted by atomic mass is 35.5.